The summed E-state index contributed by atoms with van der Waals surface area (Å²) in [5.41, 5.74) is 5.71. The minimum absolute atomic E-state index is 0.0447. The third-order valence-electron chi connectivity index (χ3n) is 12.8. The molecule has 0 aromatic heterocycles. The van der Waals surface area contributed by atoms with Crippen LogP contribution in [0.5, 0.6) is 0 Å². The first kappa shape index (κ1) is 51.3. The Hall–Kier alpha value is -1.05. The molecule has 4 atom stereocenters. The summed E-state index contributed by atoms with van der Waals surface area (Å²) in [4.78, 5) is 11.8. The van der Waals surface area contributed by atoms with Crippen LogP contribution >= 0.6 is 7.82 Å². The Kier molecular flexibility index (Phi) is 28.1. The summed E-state index contributed by atoms with van der Waals surface area (Å²) in [5, 5.41) is 0. The van der Waals surface area contributed by atoms with Crippen molar-refractivity contribution in [2.45, 2.75) is 237 Å². The van der Waals surface area contributed by atoms with Crippen molar-refractivity contribution in [3.63, 3.8) is 0 Å². The molecule has 0 bridgehead atoms. The van der Waals surface area contributed by atoms with E-state index >= 15 is 0 Å². The second-order valence-electron chi connectivity index (χ2n) is 18.1. The summed E-state index contributed by atoms with van der Waals surface area (Å²) in [5.74, 6) is 0.115. The van der Waals surface area contributed by atoms with E-state index in [0.717, 1.165) is 44.9 Å². The lowest BCUT2D eigenvalue weighted by molar-refractivity contribution is -0.281. The van der Waals surface area contributed by atoms with Gasteiger partial charge in [0.1, 0.15) is 0 Å². The highest BCUT2D eigenvalue weighted by Gasteiger charge is 2.62. The standard InChI is InChI=1S/C50H90NO6P/c1-3-5-7-9-11-13-15-17-19-21-23-25-27-29-31-33-37-49(38-34-32-30-28-26-24-22-20-18-16-14-12-10-8-6-4-2)44-50(45-49)56-47-42-46(43-48(47)57-50)36-35-40-54-58(52,53)55-41-39-51/h11-14,17-20,46-48H,3-10,15-16,21-45,51H2,1-2H3,(H,52,53)/p-1/b13-11-,14-12-,19-17-,20-18-/t46?,47-,48+. The Morgan fingerprint density at radius 3 is 1.45 bits per heavy atom. The van der Waals surface area contributed by atoms with Gasteiger partial charge in [-0.3, -0.25) is 4.57 Å². The summed E-state index contributed by atoms with van der Waals surface area (Å²) >= 11 is 0. The molecule has 3 fully saturated rings. The van der Waals surface area contributed by atoms with E-state index in [9.17, 15) is 9.46 Å². The van der Waals surface area contributed by atoms with Gasteiger partial charge in [0.25, 0.3) is 7.82 Å². The number of unbranched alkanes of at least 4 members (excludes halogenated alkanes) is 18. The van der Waals surface area contributed by atoms with Crippen LogP contribution in [0.2, 0.25) is 0 Å². The maximum absolute atomic E-state index is 11.8. The highest BCUT2D eigenvalue weighted by molar-refractivity contribution is 7.45. The maximum Gasteiger partial charge on any atom is 0.267 e. The van der Waals surface area contributed by atoms with Crippen LogP contribution in [0.1, 0.15) is 219 Å². The summed E-state index contributed by atoms with van der Waals surface area (Å²) in [6, 6.07) is 0. The number of allylic oxidation sites excluding steroid dienone is 8. The van der Waals surface area contributed by atoms with Gasteiger partial charge in [-0.15, -0.1) is 0 Å². The van der Waals surface area contributed by atoms with Crippen molar-refractivity contribution in [1.29, 1.82) is 0 Å². The molecule has 2 N–H and O–H groups in total. The highest BCUT2D eigenvalue weighted by atomic mass is 31.2. The van der Waals surface area contributed by atoms with Crippen molar-refractivity contribution in [1.82, 2.24) is 0 Å². The molecule has 1 saturated heterocycles. The first-order valence-corrected chi connectivity index (χ1v) is 26.1. The minimum atomic E-state index is -4.25. The lowest BCUT2D eigenvalue weighted by Crippen LogP contribution is -2.53. The molecule has 1 aliphatic heterocycles. The number of phosphoric ester groups is 1. The number of nitrogens with two attached hydrogens (primary N) is 1. The summed E-state index contributed by atoms with van der Waals surface area (Å²) < 4.78 is 35.1. The summed E-state index contributed by atoms with van der Waals surface area (Å²) in [6.45, 7) is 4.78. The Bertz CT molecular complexity index is 1110. The van der Waals surface area contributed by atoms with Crippen LogP contribution in [-0.4, -0.2) is 37.8 Å². The van der Waals surface area contributed by atoms with Crippen molar-refractivity contribution in [2.75, 3.05) is 19.8 Å². The van der Waals surface area contributed by atoms with Gasteiger partial charge in [0, 0.05) is 19.4 Å². The molecule has 1 heterocycles. The van der Waals surface area contributed by atoms with Gasteiger partial charge >= 0.3 is 0 Å². The van der Waals surface area contributed by atoms with Crippen LogP contribution in [0.25, 0.3) is 0 Å². The fraction of sp³-hybridized carbons (Fsp3) is 0.840. The first-order valence-electron chi connectivity index (χ1n) is 24.6. The third kappa shape index (κ3) is 22.7. The molecule has 3 aliphatic rings. The van der Waals surface area contributed by atoms with Crippen LogP contribution in [0, 0.1) is 11.3 Å². The Morgan fingerprint density at radius 1 is 0.586 bits per heavy atom. The van der Waals surface area contributed by atoms with Crippen molar-refractivity contribution in [3.8, 4) is 0 Å². The predicted molar refractivity (Wildman–Crippen MR) is 243 cm³/mol. The number of hydrogen-bond donors (Lipinski definition) is 1. The van der Waals surface area contributed by atoms with Crippen LogP contribution in [0.3, 0.4) is 0 Å². The molecule has 336 valence electrons. The predicted octanol–water partition coefficient (Wildman–Crippen LogP) is 14.3. The van der Waals surface area contributed by atoms with E-state index in [1.807, 2.05) is 0 Å². The second kappa shape index (κ2) is 31.7. The molecule has 58 heavy (non-hydrogen) atoms. The smallest absolute Gasteiger partial charge is 0.267 e. The zero-order valence-corrected chi connectivity index (χ0v) is 38.5. The molecule has 0 aromatic carbocycles. The third-order valence-corrected chi connectivity index (χ3v) is 13.8. The normalized spacial score (nSPS) is 22.3. The average Bonchev–Trinajstić information content (AvgIpc) is 3.74. The highest BCUT2D eigenvalue weighted by Crippen LogP contribution is 2.61. The number of rotatable bonds is 38. The van der Waals surface area contributed by atoms with E-state index in [1.54, 1.807) is 0 Å². The van der Waals surface area contributed by atoms with E-state index in [1.165, 1.54) is 154 Å². The zero-order valence-electron chi connectivity index (χ0n) is 37.6. The zero-order chi connectivity index (χ0) is 41.5. The Morgan fingerprint density at radius 2 is 1.00 bits per heavy atom. The topological polar surface area (TPSA) is 103 Å². The minimum Gasteiger partial charge on any atom is -0.756 e. The molecular formula is C50H89NO6P-. The second-order valence-corrected chi connectivity index (χ2v) is 19.5. The molecule has 2 saturated carbocycles. The van der Waals surface area contributed by atoms with E-state index < -0.39 is 7.82 Å². The molecule has 0 aromatic rings. The van der Waals surface area contributed by atoms with Crippen LogP contribution in [0.15, 0.2) is 48.6 Å². The number of fused-ring (bicyclic) bond motifs is 1. The van der Waals surface area contributed by atoms with E-state index in [-0.39, 0.29) is 37.8 Å². The van der Waals surface area contributed by atoms with Crippen molar-refractivity contribution in [3.05, 3.63) is 48.6 Å². The SMILES string of the molecule is CCCCC/C=C\C/C=C\CCCCCCCCC1(CCCCCCCC/C=C\C/C=C\CCCCC)CC2(C1)O[C@H]1CC(CCCOP(=O)([O-])OCCN)C[C@H]1O2. The van der Waals surface area contributed by atoms with E-state index in [2.05, 4.69) is 62.5 Å². The number of phosphoric acid groups is 1. The lowest BCUT2D eigenvalue weighted by Gasteiger charge is -2.54. The van der Waals surface area contributed by atoms with Gasteiger partial charge in [0.15, 0.2) is 5.79 Å². The van der Waals surface area contributed by atoms with Gasteiger partial charge in [-0.1, -0.05) is 152 Å². The van der Waals surface area contributed by atoms with Gasteiger partial charge in [-0.05, 0) is 114 Å². The van der Waals surface area contributed by atoms with Crippen molar-refractivity contribution < 1.29 is 28.0 Å². The fourth-order valence-corrected chi connectivity index (χ4v) is 10.3. The van der Waals surface area contributed by atoms with Gasteiger partial charge < -0.3 is 29.1 Å². The molecule has 3 rings (SSSR count). The summed E-state index contributed by atoms with van der Waals surface area (Å²) in [6.07, 6.45) is 58.6. The maximum atomic E-state index is 11.8. The number of hydrogen-bond acceptors (Lipinski definition) is 7. The van der Waals surface area contributed by atoms with Gasteiger partial charge in [0.2, 0.25) is 0 Å². The number of ether oxygens (including phenoxy) is 2. The van der Waals surface area contributed by atoms with E-state index in [4.69, 9.17) is 24.3 Å². The van der Waals surface area contributed by atoms with Crippen LogP contribution in [0.4, 0.5) is 0 Å². The van der Waals surface area contributed by atoms with Gasteiger partial charge in [-0.2, -0.15) is 0 Å². The van der Waals surface area contributed by atoms with Crippen LogP contribution < -0.4 is 10.6 Å². The molecule has 0 radical (unpaired) electrons. The molecule has 2 aliphatic carbocycles. The molecule has 7 nitrogen and oxygen atoms in total. The van der Waals surface area contributed by atoms with Crippen LogP contribution in [-0.2, 0) is 23.1 Å². The summed E-state index contributed by atoms with van der Waals surface area (Å²) in [7, 11) is -4.25. The Balaban J connectivity index is 1.31. The van der Waals surface area contributed by atoms with Crippen molar-refractivity contribution >= 4 is 7.82 Å². The quantitative estimate of drug-likeness (QED) is 0.0375. The largest absolute Gasteiger partial charge is 0.756 e. The Labute approximate surface area is 357 Å². The van der Waals surface area contributed by atoms with Crippen molar-refractivity contribution in [2.24, 2.45) is 17.1 Å². The molecule has 1 spiro atoms. The molecule has 8 heteroatoms. The van der Waals surface area contributed by atoms with Gasteiger partial charge in [-0.25, -0.2) is 0 Å². The average molecular weight is 831 g/mol. The monoisotopic (exact) mass is 831 g/mol. The molecular weight excluding hydrogens is 742 g/mol. The molecule has 0 amide bonds. The van der Waals surface area contributed by atoms with Gasteiger partial charge in [0.05, 0.1) is 25.4 Å². The first-order chi connectivity index (χ1) is 28.3. The lowest BCUT2D eigenvalue weighted by atomic mass is 9.59. The fourth-order valence-electron chi connectivity index (χ4n) is 9.58. The molecule has 2 unspecified atom stereocenters. The van der Waals surface area contributed by atoms with E-state index in [0.29, 0.717) is 17.8 Å².